The normalized spacial score (nSPS) is 30.8. The van der Waals surface area contributed by atoms with E-state index in [1.54, 1.807) is 0 Å². The Morgan fingerprint density at radius 2 is 2.00 bits per heavy atom. The Labute approximate surface area is 129 Å². The summed E-state index contributed by atoms with van der Waals surface area (Å²) in [6.07, 6.45) is 7.62. The third kappa shape index (κ3) is 4.96. The van der Waals surface area contributed by atoms with Gasteiger partial charge in [0.2, 0.25) is 5.91 Å². The number of carbonyl (C=O) groups excluding carboxylic acids is 1. The summed E-state index contributed by atoms with van der Waals surface area (Å²) in [5.41, 5.74) is 0. The molecule has 3 unspecified atom stereocenters. The second kappa shape index (κ2) is 8.14. The van der Waals surface area contributed by atoms with Gasteiger partial charge < -0.3 is 10.4 Å². The van der Waals surface area contributed by atoms with Crippen molar-refractivity contribution in [3.63, 3.8) is 0 Å². The van der Waals surface area contributed by atoms with Crippen molar-refractivity contribution < 1.29 is 9.90 Å². The number of hydrogen-bond donors (Lipinski definition) is 2. The molecule has 3 atom stereocenters. The molecule has 0 aromatic rings. The van der Waals surface area contributed by atoms with Crippen molar-refractivity contribution in [2.45, 2.75) is 70.9 Å². The SMILES string of the molecule is CC(C)CCNC(=O)CN1CCCC1C1CCCCC1O. The fourth-order valence-electron chi connectivity index (χ4n) is 3.86. The average Bonchev–Trinajstić information content (AvgIpc) is 2.86. The summed E-state index contributed by atoms with van der Waals surface area (Å²) in [6, 6.07) is 0.413. The van der Waals surface area contributed by atoms with Crippen LogP contribution in [-0.4, -0.2) is 47.7 Å². The molecule has 0 bridgehead atoms. The maximum atomic E-state index is 12.1. The molecule has 0 aromatic carbocycles. The lowest BCUT2D eigenvalue weighted by Gasteiger charge is -2.37. The van der Waals surface area contributed by atoms with E-state index in [0.717, 1.165) is 51.6 Å². The van der Waals surface area contributed by atoms with E-state index in [9.17, 15) is 9.90 Å². The molecule has 122 valence electrons. The predicted octanol–water partition coefficient (Wildman–Crippen LogP) is 2.16. The molecule has 1 amide bonds. The maximum absolute atomic E-state index is 12.1. The van der Waals surface area contributed by atoms with Gasteiger partial charge in [0.1, 0.15) is 0 Å². The Hall–Kier alpha value is -0.610. The van der Waals surface area contributed by atoms with Gasteiger partial charge in [-0.15, -0.1) is 0 Å². The molecule has 2 N–H and O–H groups in total. The number of aliphatic hydroxyl groups excluding tert-OH is 1. The Bertz CT molecular complexity index is 333. The van der Waals surface area contributed by atoms with E-state index in [0.29, 0.717) is 24.4 Å². The maximum Gasteiger partial charge on any atom is 0.234 e. The van der Waals surface area contributed by atoms with Gasteiger partial charge in [-0.05, 0) is 44.6 Å². The summed E-state index contributed by atoms with van der Waals surface area (Å²) in [4.78, 5) is 14.4. The van der Waals surface area contributed by atoms with Crippen LogP contribution in [0.25, 0.3) is 0 Å². The largest absolute Gasteiger partial charge is 0.393 e. The van der Waals surface area contributed by atoms with Crippen molar-refractivity contribution in [2.75, 3.05) is 19.6 Å². The lowest BCUT2D eigenvalue weighted by atomic mass is 9.80. The second-order valence-electron chi connectivity index (χ2n) is 7.23. The number of carbonyl (C=O) groups is 1. The van der Waals surface area contributed by atoms with E-state index < -0.39 is 0 Å². The molecule has 2 aliphatic rings. The first-order valence-electron chi connectivity index (χ1n) is 8.76. The smallest absolute Gasteiger partial charge is 0.234 e. The molecule has 1 aliphatic carbocycles. The molecule has 2 fully saturated rings. The first-order chi connectivity index (χ1) is 10.1. The fraction of sp³-hybridized carbons (Fsp3) is 0.941. The number of aliphatic hydroxyl groups is 1. The van der Waals surface area contributed by atoms with E-state index in [-0.39, 0.29) is 12.0 Å². The van der Waals surface area contributed by atoms with Gasteiger partial charge in [0, 0.05) is 18.5 Å². The van der Waals surface area contributed by atoms with E-state index in [1.165, 1.54) is 6.42 Å². The molecule has 2 rings (SSSR count). The molecule has 1 saturated heterocycles. The number of hydrogen-bond acceptors (Lipinski definition) is 3. The van der Waals surface area contributed by atoms with Crippen LogP contribution in [0.3, 0.4) is 0 Å². The topological polar surface area (TPSA) is 52.6 Å². The van der Waals surface area contributed by atoms with Crippen molar-refractivity contribution in [3.8, 4) is 0 Å². The second-order valence-corrected chi connectivity index (χ2v) is 7.23. The average molecular weight is 296 g/mol. The molecule has 0 spiro atoms. The van der Waals surface area contributed by atoms with Gasteiger partial charge in [-0.3, -0.25) is 9.69 Å². The van der Waals surface area contributed by atoms with Crippen LogP contribution < -0.4 is 5.32 Å². The molecular weight excluding hydrogens is 264 g/mol. The van der Waals surface area contributed by atoms with Gasteiger partial charge in [0.25, 0.3) is 0 Å². The van der Waals surface area contributed by atoms with Crippen LogP contribution in [0.15, 0.2) is 0 Å². The Kier molecular flexibility index (Phi) is 6.49. The summed E-state index contributed by atoms with van der Waals surface area (Å²) < 4.78 is 0. The summed E-state index contributed by atoms with van der Waals surface area (Å²) in [5.74, 6) is 1.15. The predicted molar refractivity (Wildman–Crippen MR) is 85.0 cm³/mol. The number of amides is 1. The highest BCUT2D eigenvalue weighted by Gasteiger charge is 2.37. The highest BCUT2D eigenvalue weighted by atomic mass is 16.3. The Morgan fingerprint density at radius 3 is 2.71 bits per heavy atom. The molecule has 0 aromatic heterocycles. The molecular formula is C17H32N2O2. The van der Waals surface area contributed by atoms with Crippen molar-refractivity contribution in [3.05, 3.63) is 0 Å². The van der Waals surface area contributed by atoms with E-state index in [1.807, 2.05) is 0 Å². The molecule has 21 heavy (non-hydrogen) atoms. The lowest BCUT2D eigenvalue weighted by molar-refractivity contribution is -0.123. The molecule has 1 heterocycles. The molecule has 4 nitrogen and oxygen atoms in total. The van der Waals surface area contributed by atoms with Gasteiger partial charge in [-0.25, -0.2) is 0 Å². The summed E-state index contributed by atoms with van der Waals surface area (Å²) in [6.45, 7) is 6.64. The van der Waals surface area contributed by atoms with E-state index in [4.69, 9.17) is 0 Å². The van der Waals surface area contributed by atoms with E-state index >= 15 is 0 Å². The van der Waals surface area contributed by atoms with E-state index in [2.05, 4.69) is 24.1 Å². The number of nitrogens with one attached hydrogen (secondary N) is 1. The van der Waals surface area contributed by atoms with Crippen molar-refractivity contribution in [1.29, 1.82) is 0 Å². The van der Waals surface area contributed by atoms with Gasteiger partial charge in [-0.1, -0.05) is 26.7 Å². The Balaban J connectivity index is 1.79. The molecule has 1 aliphatic heterocycles. The van der Waals surface area contributed by atoms with Crippen LogP contribution >= 0.6 is 0 Å². The standard InChI is InChI=1S/C17H32N2O2/c1-13(2)9-10-18-17(21)12-19-11-5-7-15(19)14-6-3-4-8-16(14)20/h13-16,20H,3-12H2,1-2H3,(H,18,21). The zero-order chi connectivity index (χ0) is 15.2. The monoisotopic (exact) mass is 296 g/mol. The molecule has 4 heteroatoms. The zero-order valence-electron chi connectivity index (χ0n) is 13.7. The van der Waals surface area contributed by atoms with Crippen LogP contribution in [0.5, 0.6) is 0 Å². The van der Waals surface area contributed by atoms with Gasteiger partial charge in [0.05, 0.1) is 12.6 Å². The summed E-state index contributed by atoms with van der Waals surface area (Å²) in [5, 5.41) is 13.3. The van der Waals surface area contributed by atoms with Gasteiger partial charge >= 0.3 is 0 Å². The van der Waals surface area contributed by atoms with Crippen molar-refractivity contribution in [1.82, 2.24) is 10.2 Å². The van der Waals surface area contributed by atoms with Crippen LogP contribution in [-0.2, 0) is 4.79 Å². The number of nitrogens with zero attached hydrogens (tertiary/aromatic N) is 1. The van der Waals surface area contributed by atoms with Gasteiger partial charge in [-0.2, -0.15) is 0 Å². The highest BCUT2D eigenvalue weighted by Crippen LogP contribution is 2.34. The fourth-order valence-corrected chi connectivity index (χ4v) is 3.86. The molecule has 1 saturated carbocycles. The first kappa shape index (κ1) is 16.8. The highest BCUT2D eigenvalue weighted by molar-refractivity contribution is 5.78. The number of likely N-dealkylation sites (tertiary alicyclic amines) is 1. The zero-order valence-corrected chi connectivity index (χ0v) is 13.7. The molecule has 0 radical (unpaired) electrons. The first-order valence-corrected chi connectivity index (χ1v) is 8.76. The van der Waals surface area contributed by atoms with Crippen LogP contribution in [0.4, 0.5) is 0 Å². The summed E-state index contributed by atoms with van der Waals surface area (Å²) in [7, 11) is 0. The van der Waals surface area contributed by atoms with Crippen molar-refractivity contribution in [2.24, 2.45) is 11.8 Å². The van der Waals surface area contributed by atoms with Crippen LogP contribution in [0, 0.1) is 11.8 Å². The van der Waals surface area contributed by atoms with Gasteiger partial charge in [0.15, 0.2) is 0 Å². The minimum Gasteiger partial charge on any atom is -0.393 e. The number of rotatable bonds is 6. The summed E-state index contributed by atoms with van der Waals surface area (Å²) >= 11 is 0. The quantitative estimate of drug-likeness (QED) is 0.790. The van der Waals surface area contributed by atoms with Crippen LogP contribution in [0.1, 0.15) is 58.8 Å². The van der Waals surface area contributed by atoms with Crippen LogP contribution in [0.2, 0.25) is 0 Å². The van der Waals surface area contributed by atoms with Crippen molar-refractivity contribution >= 4 is 5.91 Å². The minimum atomic E-state index is -0.159. The lowest BCUT2D eigenvalue weighted by Crippen LogP contribution is -2.46. The third-order valence-electron chi connectivity index (χ3n) is 5.08. The third-order valence-corrected chi connectivity index (χ3v) is 5.08. The minimum absolute atomic E-state index is 0.146. The Morgan fingerprint density at radius 1 is 1.24 bits per heavy atom.